The summed E-state index contributed by atoms with van der Waals surface area (Å²) in [5, 5.41) is 2.73. The van der Waals surface area contributed by atoms with Crippen LogP contribution in [0.2, 0.25) is 0 Å². The number of Topliss-reactive ketones (excluding diaryl/α,β-unsaturated/α-hetero) is 1. The molecule has 2 heterocycles. The molecule has 2 aliphatic heterocycles. The summed E-state index contributed by atoms with van der Waals surface area (Å²) in [6.07, 6.45) is 11.1. The van der Waals surface area contributed by atoms with Crippen molar-refractivity contribution in [2.75, 3.05) is 27.4 Å². The van der Waals surface area contributed by atoms with Gasteiger partial charge in [-0.3, -0.25) is 14.5 Å². The van der Waals surface area contributed by atoms with Gasteiger partial charge in [-0.1, -0.05) is 36.8 Å². The Labute approximate surface area is 208 Å². The fraction of sp³-hybridized carbons (Fsp3) is 0.630. The SMILES string of the molecule is CN(C)C1(c2ccccc2)CCC2(CC1)C[C@@H](N1C=C(CNC(=O)C(=O)CC3CCC3)OC1)NN2. The van der Waals surface area contributed by atoms with E-state index in [0.717, 1.165) is 44.9 Å². The molecule has 3 N–H and O–H groups in total. The Balaban J connectivity index is 1.13. The van der Waals surface area contributed by atoms with Crippen molar-refractivity contribution in [2.24, 2.45) is 5.92 Å². The van der Waals surface area contributed by atoms with Crippen LogP contribution in [0.25, 0.3) is 0 Å². The molecule has 1 atom stereocenters. The lowest BCUT2D eigenvalue weighted by Gasteiger charge is -2.49. The number of hydrogen-bond donors (Lipinski definition) is 3. The third-order valence-electron chi connectivity index (χ3n) is 8.77. The zero-order valence-electron chi connectivity index (χ0n) is 21.0. The second-order valence-corrected chi connectivity index (χ2v) is 11.1. The van der Waals surface area contributed by atoms with Gasteiger partial charge < -0.3 is 15.0 Å². The Hall–Kier alpha value is -2.42. The van der Waals surface area contributed by atoms with E-state index in [-0.39, 0.29) is 29.6 Å². The number of rotatable bonds is 8. The van der Waals surface area contributed by atoms with Crippen molar-refractivity contribution in [1.82, 2.24) is 26.0 Å². The molecule has 0 bridgehead atoms. The standard InChI is InChI=1S/C27H39N5O3/c1-31(2)27(21-9-4-3-5-10-21)13-11-26(12-14-27)16-24(29-30-26)32-18-22(35-19-32)17-28-25(34)23(33)15-20-7-6-8-20/h3-5,9-10,18,20,24,29-30H,6-8,11-17,19H2,1-2H3,(H,28,34)/t24-,26?,27?/m1/s1. The van der Waals surface area contributed by atoms with Crippen molar-refractivity contribution < 1.29 is 14.3 Å². The predicted octanol–water partition coefficient (Wildman–Crippen LogP) is 2.59. The van der Waals surface area contributed by atoms with Crippen molar-refractivity contribution in [3.63, 3.8) is 0 Å². The lowest BCUT2D eigenvalue weighted by atomic mass is 9.68. The number of amides is 1. The molecule has 2 aliphatic carbocycles. The summed E-state index contributed by atoms with van der Waals surface area (Å²) in [4.78, 5) is 28.7. The molecule has 190 valence electrons. The van der Waals surface area contributed by atoms with Gasteiger partial charge in [-0.25, -0.2) is 10.9 Å². The fourth-order valence-electron chi connectivity index (χ4n) is 6.13. The van der Waals surface area contributed by atoms with E-state index in [9.17, 15) is 9.59 Å². The van der Waals surface area contributed by atoms with Crippen LogP contribution in [0.15, 0.2) is 42.3 Å². The van der Waals surface area contributed by atoms with Crippen molar-refractivity contribution in [3.8, 4) is 0 Å². The number of hydrazine groups is 1. The quantitative estimate of drug-likeness (QED) is 0.492. The van der Waals surface area contributed by atoms with E-state index in [1.807, 2.05) is 6.20 Å². The summed E-state index contributed by atoms with van der Waals surface area (Å²) in [5.41, 5.74) is 8.66. The highest BCUT2D eigenvalue weighted by atomic mass is 16.5. The molecule has 1 saturated heterocycles. The van der Waals surface area contributed by atoms with E-state index in [1.54, 1.807) is 0 Å². The van der Waals surface area contributed by atoms with E-state index in [4.69, 9.17) is 4.74 Å². The van der Waals surface area contributed by atoms with E-state index >= 15 is 0 Å². The molecule has 0 aromatic heterocycles. The number of ketones is 1. The number of carbonyl (C=O) groups excluding carboxylic acids is 2. The zero-order valence-corrected chi connectivity index (χ0v) is 21.0. The van der Waals surface area contributed by atoms with Crippen LogP contribution in [0, 0.1) is 5.92 Å². The van der Waals surface area contributed by atoms with Crippen LogP contribution in [0.3, 0.4) is 0 Å². The second kappa shape index (κ2) is 9.91. The molecule has 4 aliphatic rings. The zero-order chi connectivity index (χ0) is 24.5. The summed E-state index contributed by atoms with van der Waals surface area (Å²) in [6, 6.07) is 10.9. The lowest BCUT2D eigenvalue weighted by molar-refractivity contribution is -0.138. The number of nitrogens with zero attached hydrogens (tertiary/aromatic N) is 2. The van der Waals surface area contributed by atoms with Gasteiger partial charge in [-0.15, -0.1) is 0 Å². The van der Waals surface area contributed by atoms with Gasteiger partial charge in [0.2, 0.25) is 5.78 Å². The maximum Gasteiger partial charge on any atom is 0.287 e. The molecule has 8 heteroatoms. The molecule has 2 saturated carbocycles. The highest BCUT2D eigenvalue weighted by Gasteiger charge is 2.49. The van der Waals surface area contributed by atoms with Crippen molar-refractivity contribution >= 4 is 11.7 Å². The summed E-state index contributed by atoms with van der Waals surface area (Å²) in [6.45, 7) is 0.696. The fourth-order valence-corrected chi connectivity index (χ4v) is 6.13. The van der Waals surface area contributed by atoms with Crippen molar-refractivity contribution in [1.29, 1.82) is 0 Å². The third kappa shape index (κ3) is 4.97. The van der Waals surface area contributed by atoms with Crippen LogP contribution in [0.5, 0.6) is 0 Å². The molecule has 0 unspecified atom stereocenters. The first-order valence-electron chi connectivity index (χ1n) is 13.1. The van der Waals surface area contributed by atoms with Gasteiger partial charge in [-0.05, 0) is 64.1 Å². The molecule has 3 fully saturated rings. The van der Waals surface area contributed by atoms with Gasteiger partial charge in [-0.2, -0.15) is 0 Å². The van der Waals surface area contributed by atoms with E-state index < -0.39 is 5.91 Å². The Morgan fingerprint density at radius 1 is 1.14 bits per heavy atom. The Kier molecular flexibility index (Phi) is 6.88. The maximum atomic E-state index is 12.1. The molecule has 1 spiro atoms. The van der Waals surface area contributed by atoms with E-state index in [1.165, 1.54) is 12.0 Å². The monoisotopic (exact) mass is 481 g/mol. The average molecular weight is 482 g/mol. The average Bonchev–Trinajstić information content (AvgIpc) is 3.48. The van der Waals surface area contributed by atoms with Gasteiger partial charge in [0.05, 0.1) is 12.7 Å². The van der Waals surface area contributed by atoms with Crippen molar-refractivity contribution in [2.45, 2.75) is 75.0 Å². The molecule has 1 amide bonds. The molecule has 1 aromatic carbocycles. The molecule has 35 heavy (non-hydrogen) atoms. The topological polar surface area (TPSA) is 85.9 Å². The highest BCUT2D eigenvalue weighted by molar-refractivity contribution is 6.36. The molecule has 8 nitrogen and oxygen atoms in total. The number of carbonyl (C=O) groups is 2. The molecular formula is C27H39N5O3. The molecule has 5 rings (SSSR count). The second-order valence-electron chi connectivity index (χ2n) is 11.1. The van der Waals surface area contributed by atoms with Crippen LogP contribution in [0.4, 0.5) is 0 Å². The molecule has 0 radical (unpaired) electrons. The van der Waals surface area contributed by atoms with Crippen LogP contribution in [-0.4, -0.2) is 60.6 Å². The van der Waals surface area contributed by atoms with Crippen LogP contribution < -0.4 is 16.2 Å². The Morgan fingerprint density at radius 2 is 1.89 bits per heavy atom. The van der Waals surface area contributed by atoms with Crippen LogP contribution >= 0.6 is 0 Å². The van der Waals surface area contributed by atoms with Gasteiger partial charge >= 0.3 is 0 Å². The minimum atomic E-state index is -0.496. The molecule has 1 aromatic rings. The van der Waals surface area contributed by atoms with E-state index in [2.05, 4.69) is 70.4 Å². The number of ether oxygens (including phenoxy) is 1. The third-order valence-corrected chi connectivity index (χ3v) is 8.77. The number of benzene rings is 1. The maximum absolute atomic E-state index is 12.1. The van der Waals surface area contributed by atoms with Gasteiger partial charge in [0, 0.05) is 30.1 Å². The smallest absolute Gasteiger partial charge is 0.287 e. The highest BCUT2D eigenvalue weighted by Crippen LogP contribution is 2.47. The van der Waals surface area contributed by atoms with Gasteiger partial charge in [0.1, 0.15) is 5.76 Å². The molecular weight excluding hydrogens is 442 g/mol. The largest absolute Gasteiger partial charge is 0.474 e. The van der Waals surface area contributed by atoms with Gasteiger partial charge in [0.25, 0.3) is 5.91 Å². The minimum absolute atomic E-state index is 0.0672. The van der Waals surface area contributed by atoms with Gasteiger partial charge in [0.15, 0.2) is 6.73 Å². The van der Waals surface area contributed by atoms with Crippen LogP contribution in [0.1, 0.15) is 63.4 Å². The summed E-state index contributed by atoms with van der Waals surface area (Å²) >= 11 is 0. The number of hydrogen-bond acceptors (Lipinski definition) is 7. The Bertz CT molecular complexity index is 951. The predicted molar refractivity (Wildman–Crippen MR) is 134 cm³/mol. The normalized spacial score (nSPS) is 30.8. The number of nitrogens with one attached hydrogen (secondary N) is 3. The lowest BCUT2D eigenvalue weighted by Crippen LogP contribution is -2.53. The minimum Gasteiger partial charge on any atom is -0.474 e. The summed E-state index contributed by atoms with van der Waals surface area (Å²) in [7, 11) is 4.39. The first-order valence-corrected chi connectivity index (χ1v) is 13.1. The Morgan fingerprint density at radius 3 is 2.54 bits per heavy atom. The van der Waals surface area contributed by atoms with Crippen LogP contribution in [-0.2, 0) is 19.9 Å². The van der Waals surface area contributed by atoms with E-state index in [0.29, 0.717) is 24.8 Å². The first-order chi connectivity index (χ1) is 16.9. The van der Waals surface area contributed by atoms with Crippen molar-refractivity contribution in [3.05, 3.63) is 47.9 Å². The summed E-state index contributed by atoms with van der Waals surface area (Å²) < 4.78 is 5.81. The first kappa shape index (κ1) is 24.3. The summed E-state index contributed by atoms with van der Waals surface area (Å²) in [5.74, 6) is 0.283.